The van der Waals surface area contributed by atoms with E-state index in [1.165, 1.54) is 4.90 Å². The molecule has 1 rings (SSSR count). The Hall–Kier alpha value is -1.34. The van der Waals surface area contributed by atoms with Crippen LogP contribution < -0.4 is 16.6 Å². The zero-order valence-electron chi connectivity index (χ0n) is 9.36. The summed E-state index contributed by atoms with van der Waals surface area (Å²) >= 11 is 0. The second-order valence-electron chi connectivity index (χ2n) is 3.52. The molecule has 1 saturated heterocycles. The Balaban J connectivity index is 2.59. The fourth-order valence-electron chi connectivity index (χ4n) is 1.51. The number of nitrogens with zero attached hydrogens (tertiary/aromatic N) is 1. The lowest BCUT2D eigenvalue weighted by atomic mass is 10.2. The van der Waals surface area contributed by atoms with E-state index >= 15 is 0 Å². The van der Waals surface area contributed by atoms with Crippen molar-refractivity contribution in [2.45, 2.75) is 19.4 Å². The van der Waals surface area contributed by atoms with Crippen molar-refractivity contribution in [3.63, 3.8) is 0 Å². The number of nitrogens with one attached hydrogen (secondary N) is 2. The van der Waals surface area contributed by atoms with Gasteiger partial charge in [-0.15, -0.1) is 0 Å². The maximum atomic E-state index is 11.7. The van der Waals surface area contributed by atoms with E-state index in [-0.39, 0.29) is 12.5 Å². The third-order valence-electron chi connectivity index (χ3n) is 2.36. The SMILES string of the molecule is CCCNC(=O)C1COCCN1C(=O)NN. The number of rotatable bonds is 3. The first-order valence-electron chi connectivity index (χ1n) is 5.33. The predicted octanol–water partition coefficient (Wildman–Crippen LogP) is -1.20. The van der Waals surface area contributed by atoms with Gasteiger partial charge in [-0.25, -0.2) is 10.6 Å². The summed E-state index contributed by atoms with van der Waals surface area (Å²) in [7, 11) is 0. The van der Waals surface area contributed by atoms with Crippen LogP contribution in [0, 0.1) is 0 Å². The minimum Gasteiger partial charge on any atom is -0.377 e. The molecule has 0 saturated carbocycles. The number of nitrogens with two attached hydrogens (primary N) is 1. The summed E-state index contributed by atoms with van der Waals surface area (Å²) < 4.78 is 5.18. The lowest BCUT2D eigenvalue weighted by molar-refractivity contribution is -0.130. The van der Waals surface area contributed by atoms with Gasteiger partial charge in [-0.1, -0.05) is 6.92 Å². The van der Waals surface area contributed by atoms with E-state index < -0.39 is 12.1 Å². The Kier molecular flexibility index (Phi) is 5.00. The Morgan fingerprint density at radius 2 is 2.31 bits per heavy atom. The summed E-state index contributed by atoms with van der Waals surface area (Å²) in [5, 5.41) is 2.73. The maximum Gasteiger partial charge on any atom is 0.332 e. The monoisotopic (exact) mass is 230 g/mol. The van der Waals surface area contributed by atoms with Crippen molar-refractivity contribution in [3.8, 4) is 0 Å². The van der Waals surface area contributed by atoms with E-state index in [4.69, 9.17) is 10.6 Å². The van der Waals surface area contributed by atoms with Gasteiger partial charge in [0.2, 0.25) is 5.91 Å². The first-order valence-corrected chi connectivity index (χ1v) is 5.33. The largest absolute Gasteiger partial charge is 0.377 e. The summed E-state index contributed by atoms with van der Waals surface area (Å²) in [4.78, 5) is 24.5. The highest BCUT2D eigenvalue weighted by molar-refractivity contribution is 5.87. The molecule has 0 aliphatic carbocycles. The smallest absolute Gasteiger partial charge is 0.332 e. The fraction of sp³-hybridized carbons (Fsp3) is 0.778. The van der Waals surface area contributed by atoms with Crippen molar-refractivity contribution in [1.82, 2.24) is 15.6 Å². The molecule has 1 aliphatic heterocycles. The van der Waals surface area contributed by atoms with Crippen LogP contribution in [-0.4, -0.2) is 49.2 Å². The number of ether oxygens (including phenoxy) is 1. The zero-order chi connectivity index (χ0) is 12.0. The molecule has 0 aromatic heterocycles. The average Bonchev–Trinajstić information content (AvgIpc) is 2.35. The van der Waals surface area contributed by atoms with Crippen LogP contribution in [0.2, 0.25) is 0 Å². The zero-order valence-corrected chi connectivity index (χ0v) is 9.36. The Labute approximate surface area is 94.3 Å². The number of hydrogen-bond donors (Lipinski definition) is 3. The molecule has 92 valence electrons. The van der Waals surface area contributed by atoms with Gasteiger partial charge in [0.1, 0.15) is 6.04 Å². The van der Waals surface area contributed by atoms with Crippen molar-refractivity contribution in [3.05, 3.63) is 0 Å². The molecule has 7 heteroatoms. The van der Waals surface area contributed by atoms with Gasteiger partial charge in [0.05, 0.1) is 13.2 Å². The Morgan fingerprint density at radius 1 is 1.56 bits per heavy atom. The van der Waals surface area contributed by atoms with Crippen molar-refractivity contribution < 1.29 is 14.3 Å². The second-order valence-corrected chi connectivity index (χ2v) is 3.52. The number of amides is 3. The average molecular weight is 230 g/mol. The number of morpholine rings is 1. The van der Waals surface area contributed by atoms with Gasteiger partial charge in [0.15, 0.2) is 0 Å². The molecular formula is C9H18N4O3. The highest BCUT2D eigenvalue weighted by atomic mass is 16.5. The number of hydrazine groups is 1. The van der Waals surface area contributed by atoms with E-state index in [0.29, 0.717) is 19.7 Å². The lowest BCUT2D eigenvalue weighted by Crippen LogP contribution is -2.59. The molecule has 0 aromatic carbocycles. The highest BCUT2D eigenvalue weighted by Crippen LogP contribution is 2.07. The molecule has 1 heterocycles. The molecule has 0 aromatic rings. The summed E-state index contributed by atoms with van der Waals surface area (Å²) in [5.74, 6) is 4.85. The van der Waals surface area contributed by atoms with Crippen molar-refractivity contribution in [2.75, 3.05) is 26.3 Å². The molecule has 0 bridgehead atoms. The van der Waals surface area contributed by atoms with Gasteiger partial charge in [-0.05, 0) is 6.42 Å². The minimum absolute atomic E-state index is 0.204. The van der Waals surface area contributed by atoms with Crippen LogP contribution in [0.1, 0.15) is 13.3 Å². The predicted molar refractivity (Wildman–Crippen MR) is 57.3 cm³/mol. The summed E-state index contributed by atoms with van der Waals surface area (Å²) in [6.07, 6.45) is 0.850. The summed E-state index contributed by atoms with van der Waals surface area (Å²) in [6, 6.07) is -1.05. The molecule has 16 heavy (non-hydrogen) atoms. The molecular weight excluding hydrogens is 212 g/mol. The van der Waals surface area contributed by atoms with Crippen LogP contribution >= 0.6 is 0 Å². The van der Waals surface area contributed by atoms with Crippen LogP contribution in [0.4, 0.5) is 4.79 Å². The van der Waals surface area contributed by atoms with Crippen LogP contribution in [0.3, 0.4) is 0 Å². The normalized spacial score (nSPS) is 20.4. The second kappa shape index (κ2) is 6.29. The molecule has 1 aliphatic rings. The van der Waals surface area contributed by atoms with Crippen LogP contribution in [0.25, 0.3) is 0 Å². The number of carbonyl (C=O) groups is 2. The van der Waals surface area contributed by atoms with E-state index in [1.807, 2.05) is 12.3 Å². The first kappa shape index (κ1) is 12.7. The van der Waals surface area contributed by atoms with Crippen LogP contribution in [0.5, 0.6) is 0 Å². The fourth-order valence-corrected chi connectivity index (χ4v) is 1.51. The minimum atomic E-state index is -0.594. The summed E-state index contributed by atoms with van der Waals surface area (Å²) in [5.41, 5.74) is 2.03. The van der Waals surface area contributed by atoms with Gasteiger partial charge in [-0.3, -0.25) is 10.2 Å². The highest BCUT2D eigenvalue weighted by Gasteiger charge is 2.32. The van der Waals surface area contributed by atoms with E-state index in [0.717, 1.165) is 6.42 Å². The van der Waals surface area contributed by atoms with Gasteiger partial charge in [0, 0.05) is 13.1 Å². The molecule has 7 nitrogen and oxygen atoms in total. The van der Waals surface area contributed by atoms with E-state index in [1.54, 1.807) is 0 Å². The molecule has 4 N–H and O–H groups in total. The van der Waals surface area contributed by atoms with Crippen molar-refractivity contribution in [1.29, 1.82) is 0 Å². The van der Waals surface area contributed by atoms with Crippen molar-refractivity contribution in [2.24, 2.45) is 5.84 Å². The van der Waals surface area contributed by atoms with Gasteiger partial charge in [-0.2, -0.15) is 0 Å². The Bertz CT molecular complexity index is 259. The van der Waals surface area contributed by atoms with E-state index in [9.17, 15) is 9.59 Å². The molecule has 1 unspecified atom stereocenters. The quantitative estimate of drug-likeness (QED) is 0.322. The van der Waals surface area contributed by atoms with Gasteiger partial charge < -0.3 is 15.0 Å². The molecule has 1 atom stereocenters. The van der Waals surface area contributed by atoms with Crippen LogP contribution in [0.15, 0.2) is 0 Å². The topological polar surface area (TPSA) is 96.7 Å². The summed E-state index contributed by atoms with van der Waals surface area (Å²) in [6.45, 7) is 3.55. The molecule has 1 fully saturated rings. The third-order valence-corrected chi connectivity index (χ3v) is 2.36. The number of urea groups is 1. The first-order chi connectivity index (χ1) is 7.70. The third kappa shape index (κ3) is 3.07. The Morgan fingerprint density at radius 3 is 2.94 bits per heavy atom. The van der Waals surface area contributed by atoms with Crippen LogP contribution in [-0.2, 0) is 9.53 Å². The van der Waals surface area contributed by atoms with E-state index in [2.05, 4.69) is 5.32 Å². The number of hydrogen-bond acceptors (Lipinski definition) is 4. The lowest BCUT2D eigenvalue weighted by Gasteiger charge is -2.33. The maximum absolute atomic E-state index is 11.7. The van der Waals surface area contributed by atoms with Gasteiger partial charge >= 0.3 is 6.03 Å². The van der Waals surface area contributed by atoms with Gasteiger partial charge in [0.25, 0.3) is 0 Å². The number of carbonyl (C=O) groups excluding carboxylic acids is 2. The van der Waals surface area contributed by atoms with Crippen molar-refractivity contribution >= 4 is 11.9 Å². The molecule has 0 spiro atoms. The molecule has 3 amide bonds. The molecule has 0 radical (unpaired) electrons. The standard InChI is InChI=1S/C9H18N4O3/c1-2-3-11-8(14)7-6-16-5-4-13(7)9(15)12-10/h7H,2-6,10H2,1H3,(H,11,14)(H,12,15).